The maximum Gasteiger partial charge on any atom is 0.306 e. The van der Waals surface area contributed by atoms with Gasteiger partial charge in [0.2, 0.25) is 0 Å². The fourth-order valence-electron chi connectivity index (χ4n) is 9.69. The number of ether oxygens (including phenoxy) is 1. The largest absolute Gasteiger partial charge is 0.462 e. The first-order valence-electron chi connectivity index (χ1n) is 16.1. The van der Waals surface area contributed by atoms with Crippen LogP contribution in [0.4, 0.5) is 0 Å². The molecule has 0 aromatic rings. The van der Waals surface area contributed by atoms with Crippen molar-refractivity contribution in [3.8, 4) is 0 Å². The van der Waals surface area contributed by atoms with Crippen molar-refractivity contribution in [3.63, 3.8) is 0 Å². The van der Waals surface area contributed by atoms with E-state index >= 15 is 0 Å². The number of fused-ring (bicyclic) bond motifs is 5. The topological polar surface area (TPSA) is 26.3 Å². The molecule has 4 rings (SSSR count). The van der Waals surface area contributed by atoms with Crippen LogP contribution in [0.1, 0.15) is 144 Å². The number of hydrogen-bond donors (Lipinski definition) is 0. The van der Waals surface area contributed by atoms with Gasteiger partial charge in [0.15, 0.2) is 0 Å². The molecule has 8 atom stereocenters. The molecule has 4 aliphatic rings. The van der Waals surface area contributed by atoms with Crippen molar-refractivity contribution >= 4 is 5.97 Å². The molecular weight excluding hydrogens is 440 g/mol. The molecule has 0 aromatic heterocycles. The molecule has 0 saturated heterocycles. The molecule has 4 aliphatic carbocycles. The van der Waals surface area contributed by atoms with Crippen molar-refractivity contribution in [3.05, 3.63) is 11.6 Å². The second kappa shape index (κ2) is 11.9. The van der Waals surface area contributed by atoms with E-state index in [1.165, 1.54) is 70.6 Å². The third-order valence-electron chi connectivity index (χ3n) is 11.8. The van der Waals surface area contributed by atoms with Crippen LogP contribution in [0, 0.1) is 46.3 Å². The Hall–Kier alpha value is -0.790. The van der Waals surface area contributed by atoms with Crippen LogP contribution in [-0.2, 0) is 9.53 Å². The summed E-state index contributed by atoms with van der Waals surface area (Å²) in [6.45, 7) is 14.8. The minimum Gasteiger partial charge on any atom is -0.462 e. The Morgan fingerprint density at radius 3 is 2.53 bits per heavy atom. The van der Waals surface area contributed by atoms with Gasteiger partial charge in [0, 0.05) is 12.8 Å². The van der Waals surface area contributed by atoms with Crippen LogP contribution in [0.25, 0.3) is 0 Å². The molecule has 0 aliphatic heterocycles. The minimum atomic E-state index is 0.0435. The zero-order valence-corrected chi connectivity index (χ0v) is 24.7. The molecule has 2 nitrogen and oxygen atoms in total. The van der Waals surface area contributed by atoms with Gasteiger partial charge >= 0.3 is 5.97 Å². The SMILES string of the molecule is CCCCCCC(=O)O[C@H]1CC[C@@]2(C)C(=CCC3C2CC[C@@]2(C)C3CC[C@@H]2C(C)CCCC(C)C)C1. The highest BCUT2D eigenvalue weighted by atomic mass is 16.5. The van der Waals surface area contributed by atoms with Gasteiger partial charge in [0.05, 0.1) is 0 Å². The van der Waals surface area contributed by atoms with E-state index < -0.39 is 0 Å². The summed E-state index contributed by atoms with van der Waals surface area (Å²) in [7, 11) is 0. The van der Waals surface area contributed by atoms with E-state index in [0.717, 1.165) is 61.2 Å². The predicted octanol–water partition coefficient (Wildman–Crippen LogP) is 9.91. The number of carbonyl (C=O) groups excluding carboxylic acids is 1. The van der Waals surface area contributed by atoms with Crippen LogP contribution in [0.2, 0.25) is 0 Å². The van der Waals surface area contributed by atoms with Crippen molar-refractivity contribution in [1.29, 1.82) is 0 Å². The summed E-state index contributed by atoms with van der Waals surface area (Å²) >= 11 is 0. The number of carbonyl (C=O) groups is 1. The Morgan fingerprint density at radius 2 is 1.78 bits per heavy atom. The summed E-state index contributed by atoms with van der Waals surface area (Å²) in [5, 5.41) is 0. The van der Waals surface area contributed by atoms with E-state index in [2.05, 4.69) is 47.6 Å². The van der Waals surface area contributed by atoms with E-state index in [4.69, 9.17) is 4.74 Å². The summed E-state index contributed by atoms with van der Waals surface area (Å²) < 4.78 is 5.99. The Labute approximate surface area is 223 Å². The third-order valence-corrected chi connectivity index (χ3v) is 11.8. The van der Waals surface area contributed by atoms with Gasteiger partial charge in [0.1, 0.15) is 6.10 Å². The smallest absolute Gasteiger partial charge is 0.306 e. The molecule has 0 radical (unpaired) electrons. The molecule has 3 fully saturated rings. The Bertz CT molecular complexity index is 767. The maximum absolute atomic E-state index is 12.4. The van der Waals surface area contributed by atoms with Gasteiger partial charge in [0.25, 0.3) is 0 Å². The number of unbranched alkanes of at least 4 members (excludes halogenated alkanes) is 3. The average molecular weight is 499 g/mol. The molecule has 0 N–H and O–H groups in total. The standard InChI is InChI=1S/C34H58O2/c1-7-8-9-10-14-32(35)36-27-19-21-33(5)26(23-27)15-16-28-30-18-17-29(25(4)13-11-12-24(2)3)34(30,6)22-20-31(28)33/h15,24-25,27-31H,7-14,16-23H2,1-6H3/t25?,27-,28?,29+,30?,31?,33-,34+/m0/s1. The van der Waals surface area contributed by atoms with Crippen LogP contribution >= 0.6 is 0 Å². The second-order valence-corrected chi connectivity index (χ2v) is 14.5. The van der Waals surface area contributed by atoms with E-state index in [9.17, 15) is 4.79 Å². The maximum atomic E-state index is 12.4. The third kappa shape index (κ3) is 5.78. The highest BCUT2D eigenvalue weighted by molar-refractivity contribution is 5.69. The van der Waals surface area contributed by atoms with Crippen LogP contribution in [0.5, 0.6) is 0 Å². The number of esters is 1. The van der Waals surface area contributed by atoms with E-state index in [1.807, 2.05) is 0 Å². The van der Waals surface area contributed by atoms with Gasteiger partial charge in [-0.1, -0.05) is 91.7 Å². The summed E-state index contributed by atoms with van der Waals surface area (Å²) in [5.41, 5.74) is 2.54. The summed E-state index contributed by atoms with van der Waals surface area (Å²) in [4.78, 5) is 12.4. The van der Waals surface area contributed by atoms with Crippen LogP contribution in [0.15, 0.2) is 11.6 Å². The van der Waals surface area contributed by atoms with Crippen molar-refractivity contribution < 1.29 is 9.53 Å². The van der Waals surface area contributed by atoms with Crippen molar-refractivity contribution in [2.45, 2.75) is 150 Å². The van der Waals surface area contributed by atoms with E-state index in [0.29, 0.717) is 17.3 Å². The lowest BCUT2D eigenvalue weighted by Crippen LogP contribution is -2.51. The molecule has 0 bridgehead atoms. The van der Waals surface area contributed by atoms with Crippen LogP contribution in [0.3, 0.4) is 0 Å². The molecular formula is C34H58O2. The lowest BCUT2D eigenvalue weighted by atomic mass is 9.47. The lowest BCUT2D eigenvalue weighted by molar-refractivity contribution is -0.151. The summed E-state index contributed by atoms with van der Waals surface area (Å²) in [5.74, 6) is 5.34. The zero-order chi connectivity index (χ0) is 25.9. The van der Waals surface area contributed by atoms with E-state index in [1.54, 1.807) is 5.57 Å². The molecule has 36 heavy (non-hydrogen) atoms. The molecule has 0 amide bonds. The molecule has 3 saturated carbocycles. The van der Waals surface area contributed by atoms with Gasteiger partial charge in [-0.2, -0.15) is 0 Å². The average Bonchev–Trinajstić information content (AvgIpc) is 3.19. The molecule has 206 valence electrons. The highest BCUT2D eigenvalue weighted by Gasteiger charge is 2.59. The first-order valence-corrected chi connectivity index (χ1v) is 16.1. The van der Waals surface area contributed by atoms with Gasteiger partial charge < -0.3 is 4.74 Å². The second-order valence-electron chi connectivity index (χ2n) is 14.5. The fraction of sp³-hybridized carbons (Fsp3) is 0.912. The van der Waals surface area contributed by atoms with E-state index in [-0.39, 0.29) is 12.1 Å². The summed E-state index contributed by atoms with van der Waals surface area (Å²) in [6.07, 6.45) is 22.5. The summed E-state index contributed by atoms with van der Waals surface area (Å²) in [6, 6.07) is 0. The Balaban J connectivity index is 1.36. The van der Waals surface area contributed by atoms with Gasteiger partial charge in [-0.3, -0.25) is 4.79 Å². The minimum absolute atomic E-state index is 0.0435. The highest BCUT2D eigenvalue weighted by Crippen LogP contribution is 2.67. The normalized spacial score (nSPS) is 38.6. The van der Waals surface area contributed by atoms with Crippen LogP contribution in [-0.4, -0.2) is 12.1 Å². The lowest BCUT2D eigenvalue weighted by Gasteiger charge is -2.58. The molecule has 2 heteroatoms. The molecule has 0 spiro atoms. The zero-order valence-electron chi connectivity index (χ0n) is 24.7. The van der Waals surface area contributed by atoms with Crippen molar-refractivity contribution in [2.24, 2.45) is 46.3 Å². The quantitative estimate of drug-likeness (QED) is 0.161. The fourth-order valence-corrected chi connectivity index (χ4v) is 9.69. The molecule has 0 heterocycles. The Kier molecular flexibility index (Phi) is 9.36. The number of hydrogen-bond acceptors (Lipinski definition) is 2. The predicted molar refractivity (Wildman–Crippen MR) is 152 cm³/mol. The Morgan fingerprint density at radius 1 is 0.972 bits per heavy atom. The van der Waals surface area contributed by atoms with Gasteiger partial charge in [-0.25, -0.2) is 0 Å². The van der Waals surface area contributed by atoms with Crippen molar-refractivity contribution in [2.75, 3.05) is 0 Å². The van der Waals surface area contributed by atoms with Gasteiger partial charge in [-0.15, -0.1) is 0 Å². The number of rotatable bonds is 11. The molecule has 0 aromatic carbocycles. The van der Waals surface area contributed by atoms with Gasteiger partial charge in [-0.05, 0) is 97.7 Å². The van der Waals surface area contributed by atoms with Crippen molar-refractivity contribution in [1.82, 2.24) is 0 Å². The number of allylic oxidation sites excluding steroid dienone is 1. The first-order chi connectivity index (χ1) is 17.2. The van der Waals surface area contributed by atoms with Crippen LogP contribution < -0.4 is 0 Å². The first kappa shape index (κ1) is 28.2. The molecule has 4 unspecified atom stereocenters. The monoisotopic (exact) mass is 498 g/mol.